The maximum atomic E-state index is 13.1. The Morgan fingerprint density at radius 2 is 1.64 bits per heavy atom. The molecule has 176 valence electrons. The lowest BCUT2D eigenvalue weighted by atomic mass is 10.1. The number of likely N-dealkylation sites (tertiary alicyclic amines) is 1. The minimum atomic E-state index is -0.470. The number of rotatable bonds is 9. The van der Waals surface area contributed by atoms with E-state index in [0.717, 1.165) is 43.5 Å². The molecule has 0 radical (unpaired) electrons. The Morgan fingerprint density at radius 3 is 2.33 bits per heavy atom. The standard InChI is InChI=1S/C26H32N2O5/c1-3-32-26(31)22-14-10-11-20(2)25(22)27-23(29)17-28(15-8-5-9-16-28)18-24(30)33-19-21-12-6-4-7-13-21/h4,6-7,10-14H,3,5,8-9,15-19H2,1-2H3/p+1. The molecule has 33 heavy (non-hydrogen) atoms. The average Bonchev–Trinajstić information content (AvgIpc) is 2.80. The van der Waals surface area contributed by atoms with E-state index in [9.17, 15) is 14.4 Å². The minimum Gasteiger partial charge on any atom is -0.462 e. The molecule has 0 atom stereocenters. The number of amides is 1. The van der Waals surface area contributed by atoms with E-state index >= 15 is 0 Å². The van der Waals surface area contributed by atoms with Gasteiger partial charge in [-0.05, 0) is 50.3 Å². The van der Waals surface area contributed by atoms with Crippen LogP contribution >= 0.6 is 0 Å². The van der Waals surface area contributed by atoms with Crippen molar-refractivity contribution >= 4 is 23.5 Å². The monoisotopic (exact) mass is 453 g/mol. The van der Waals surface area contributed by atoms with Crippen LogP contribution in [0.1, 0.15) is 47.7 Å². The Hall–Kier alpha value is -3.19. The molecule has 0 aromatic heterocycles. The summed E-state index contributed by atoms with van der Waals surface area (Å²) < 4.78 is 11.0. The number of hydrogen-bond acceptors (Lipinski definition) is 5. The summed E-state index contributed by atoms with van der Waals surface area (Å²) in [5, 5.41) is 2.91. The van der Waals surface area contributed by atoms with Crippen LogP contribution in [0.5, 0.6) is 0 Å². The summed E-state index contributed by atoms with van der Waals surface area (Å²) in [7, 11) is 0. The molecular weight excluding hydrogens is 420 g/mol. The highest BCUT2D eigenvalue weighted by atomic mass is 16.5. The number of carbonyl (C=O) groups is 3. The van der Waals surface area contributed by atoms with Crippen molar-refractivity contribution in [3.63, 3.8) is 0 Å². The van der Waals surface area contributed by atoms with E-state index in [1.807, 2.05) is 43.3 Å². The van der Waals surface area contributed by atoms with Crippen molar-refractivity contribution in [1.29, 1.82) is 0 Å². The Balaban J connectivity index is 1.68. The number of aryl methyl sites for hydroxylation is 1. The third-order valence-corrected chi connectivity index (χ3v) is 5.98. The van der Waals surface area contributed by atoms with Gasteiger partial charge in [0.2, 0.25) is 0 Å². The third kappa shape index (κ3) is 6.89. The normalized spacial score (nSPS) is 14.8. The molecular formula is C26H33N2O5+. The van der Waals surface area contributed by atoms with Crippen LogP contribution in [0.15, 0.2) is 48.5 Å². The number of esters is 2. The smallest absolute Gasteiger partial charge is 0.362 e. The molecule has 7 nitrogen and oxygen atoms in total. The number of para-hydroxylation sites is 1. The number of quaternary nitrogens is 1. The Bertz CT molecular complexity index is 968. The van der Waals surface area contributed by atoms with Gasteiger partial charge >= 0.3 is 11.9 Å². The molecule has 0 aliphatic carbocycles. The lowest BCUT2D eigenvalue weighted by molar-refractivity contribution is -0.918. The SMILES string of the molecule is CCOC(=O)c1cccc(C)c1NC(=O)C[N+]1(CC(=O)OCc2ccccc2)CCCCC1. The number of hydrogen-bond donors (Lipinski definition) is 1. The zero-order chi connectivity index (χ0) is 23.7. The van der Waals surface area contributed by atoms with E-state index in [2.05, 4.69) is 5.32 Å². The molecule has 0 bridgehead atoms. The van der Waals surface area contributed by atoms with Gasteiger partial charge in [0.1, 0.15) is 6.61 Å². The summed E-state index contributed by atoms with van der Waals surface area (Å²) in [6, 6.07) is 14.8. The molecule has 3 rings (SSSR count). The summed E-state index contributed by atoms with van der Waals surface area (Å²) in [5.41, 5.74) is 2.50. The second kappa shape index (κ2) is 11.6. The van der Waals surface area contributed by atoms with Gasteiger partial charge in [0.25, 0.3) is 5.91 Å². The molecule has 0 saturated carbocycles. The van der Waals surface area contributed by atoms with E-state index in [-0.39, 0.29) is 38.2 Å². The fourth-order valence-electron chi connectivity index (χ4n) is 4.31. The number of nitrogens with one attached hydrogen (secondary N) is 1. The molecule has 1 N–H and O–H groups in total. The minimum absolute atomic E-state index is 0.150. The summed E-state index contributed by atoms with van der Waals surface area (Å²) in [4.78, 5) is 38.1. The van der Waals surface area contributed by atoms with Crippen molar-refractivity contribution in [2.24, 2.45) is 0 Å². The first-order valence-electron chi connectivity index (χ1n) is 11.5. The summed E-state index contributed by atoms with van der Waals surface area (Å²) in [6.45, 7) is 5.84. The molecule has 1 heterocycles. The number of benzene rings is 2. The molecule has 2 aromatic rings. The molecule has 0 unspecified atom stereocenters. The van der Waals surface area contributed by atoms with Gasteiger partial charge in [-0.1, -0.05) is 42.5 Å². The molecule has 0 spiro atoms. The maximum Gasteiger partial charge on any atom is 0.362 e. The third-order valence-electron chi connectivity index (χ3n) is 5.98. The second-order valence-corrected chi connectivity index (χ2v) is 8.58. The fraction of sp³-hybridized carbons (Fsp3) is 0.423. The van der Waals surface area contributed by atoms with Crippen LogP contribution in [-0.2, 0) is 25.7 Å². The van der Waals surface area contributed by atoms with E-state index in [1.165, 1.54) is 0 Å². The molecule has 1 aliphatic heterocycles. The van der Waals surface area contributed by atoms with Gasteiger partial charge in [-0.2, -0.15) is 0 Å². The highest BCUT2D eigenvalue weighted by Gasteiger charge is 2.36. The number of ether oxygens (including phenoxy) is 2. The Morgan fingerprint density at radius 1 is 0.909 bits per heavy atom. The highest BCUT2D eigenvalue weighted by molar-refractivity contribution is 6.02. The van der Waals surface area contributed by atoms with E-state index in [4.69, 9.17) is 9.47 Å². The zero-order valence-electron chi connectivity index (χ0n) is 19.5. The average molecular weight is 454 g/mol. The van der Waals surface area contributed by atoms with Crippen LogP contribution < -0.4 is 5.32 Å². The first kappa shape index (κ1) is 24.5. The van der Waals surface area contributed by atoms with Crippen LogP contribution in [-0.4, -0.2) is 55.1 Å². The summed E-state index contributed by atoms with van der Waals surface area (Å²) >= 11 is 0. The van der Waals surface area contributed by atoms with Gasteiger partial charge in [0.15, 0.2) is 13.1 Å². The van der Waals surface area contributed by atoms with Crippen molar-refractivity contribution in [2.45, 2.75) is 39.7 Å². The molecule has 2 aromatic carbocycles. The van der Waals surface area contributed by atoms with Gasteiger partial charge in [-0.15, -0.1) is 0 Å². The molecule has 7 heteroatoms. The van der Waals surface area contributed by atoms with E-state index in [1.54, 1.807) is 19.1 Å². The van der Waals surface area contributed by atoms with Crippen molar-refractivity contribution in [2.75, 3.05) is 38.1 Å². The number of carbonyl (C=O) groups excluding carboxylic acids is 3. The van der Waals surface area contributed by atoms with Crippen LogP contribution in [0.25, 0.3) is 0 Å². The van der Waals surface area contributed by atoms with Crippen molar-refractivity contribution in [1.82, 2.24) is 0 Å². The molecule has 1 aliphatic rings. The summed E-state index contributed by atoms with van der Waals surface area (Å²) in [6.07, 6.45) is 3.00. The largest absolute Gasteiger partial charge is 0.462 e. The second-order valence-electron chi connectivity index (χ2n) is 8.58. The quantitative estimate of drug-likeness (QED) is 0.461. The lowest BCUT2D eigenvalue weighted by Crippen LogP contribution is -2.57. The topological polar surface area (TPSA) is 81.7 Å². The number of anilines is 1. The van der Waals surface area contributed by atoms with Gasteiger partial charge in [0.05, 0.1) is 30.9 Å². The first-order valence-corrected chi connectivity index (χ1v) is 11.5. The van der Waals surface area contributed by atoms with E-state index in [0.29, 0.717) is 15.7 Å². The molecule has 1 amide bonds. The molecule has 1 saturated heterocycles. The van der Waals surface area contributed by atoms with Gasteiger partial charge < -0.3 is 19.3 Å². The number of nitrogens with zero attached hydrogens (tertiary/aromatic N) is 1. The van der Waals surface area contributed by atoms with Crippen LogP contribution in [0.2, 0.25) is 0 Å². The van der Waals surface area contributed by atoms with Crippen molar-refractivity contribution in [3.8, 4) is 0 Å². The zero-order valence-corrected chi connectivity index (χ0v) is 19.5. The lowest BCUT2D eigenvalue weighted by Gasteiger charge is -2.40. The maximum absolute atomic E-state index is 13.1. The highest BCUT2D eigenvalue weighted by Crippen LogP contribution is 2.24. The van der Waals surface area contributed by atoms with Crippen LogP contribution in [0.3, 0.4) is 0 Å². The fourth-order valence-corrected chi connectivity index (χ4v) is 4.31. The predicted molar refractivity (Wildman–Crippen MR) is 126 cm³/mol. The summed E-state index contributed by atoms with van der Waals surface area (Å²) in [5.74, 6) is -1.01. The molecule has 1 fully saturated rings. The predicted octanol–water partition coefficient (Wildman–Crippen LogP) is 3.85. The van der Waals surface area contributed by atoms with Crippen LogP contribution in [0.4, 0.5) is 5.69 Å². The van der Waals surface area contributed by atoms with Gasteiger partial charge in [0, 0.05) is 0 Å². The number of piperidine rings is 1. The van der Waals surface area contributed by atoms with Crippen LogP contribution in [0, 0.1) is 6.92 Å². The first-order chi connectivity index (χ1) is 15.9. The Labute approximate surface area is 195 Å². The van der Waals surface area contributed by atoms with Crippen molar-refractivity contribution < 1.29 is 28.3 Å². The van der Waals surface area contributed by atoms with Gasteiger partial charge in [-0.25, -0.2) is 9.59 Å². The van der Waals surface area contributed by atoms with Crippen molar-refractivity contribution in [3.05, 3.63) is 65.2 Å². The van der Waals surface area contributed by atoms with Gasteiger partial charge in [-0.3, -0.25) is 4.79 Å². The Kier molecular flexibility index (Phi) is 8.60. The van der Waals surface area contributed by atoms with E-state index < -0.39 is 5.97 Å².